The van der Waals surface area contributed by atoms with E-state index < -0.39 is 11.8 Å². The molecule has 2 fully saturated rings. The summed E-state index contributed by atoms with van der Waals surface area (Å²) in [7, 11) is 0. The molecule has 0 unspecified atom stereocenters. The number of hydrogen-bond donors (Lipinski definition) is 0. The van der Waals surface area contributed by atoms with Crippen LogP contribution in [0.25, 0.3) is 0 Å². The van der Waals surface area contributed by atoms with Gasteiger partial charge in [0.2, 0.25) is 0 Å². The van der Waals surface area contributed by atoms with Crippen molar-refractivity contribution in [1.29, 1.82) is 0 Å². The van der Waals surface area contributed by atoms with Gasteiger partial charge >= 0.3 is 0 Å². The quantitative estimate of drug-likeness (QED) is 0.214. The molecule has 1 saturated heterocycles. The number of carbonyl (C=O) groups excluding carboxylic acids is 2. The SMILES string of the molecule is CCC(=O)Cc1nc(C)c(C(=O)C[C@@H](C)c2ccc(O[C@@H]3CCN(c4ccc(OC[C@H]5CC5(F)F)cn4)C3)cc2)s1. The van der Waals surface area contributed by atoms with Crippen LogP contribution >= 0.6 is 11.3 Å². The van der Waals surface area contributed by atoms with Crippen molar-refractivity contribution < 1.29 is 27.8 Å². The molecule has 0 bridgehead atoms. The summed E-state index contributed by atoms with van der Waals surface area (Å²) in [6.07, 6.45) is 3.46. The molecule has 0 radical (unpaired) electrons. The standard InChI is InChI=1S/C31H35F2N3O4S/c1-4-23(37)14-29-35-20(3)30(41-29)27(38)13-19(2)21-5-7-24(8-6-21)40-26-11-12-36(17-26)28-10-9-25(16-34-28)39-18-22-15-31(22,32)33/h5-10,16,19,22,26H,4,11-15,17-18H2,1-3H3/t19-,22-,26-/m1/s1. The van der Waals surface area contributed by atoms with E-state index in [1.165, 1.54) is 11.3 Å². The highest BCUT2D eigenvalue weighted by molar-refractivity contribution is 7.14. The van der Waals surface area contributed by atoms with Crippen LogP contribution in [0.2, 0.25) is 0 Å². The van der Waals surface area contributed by atoms with Crippen LogP contribution in [-0.2, 0) is 11.2 Å². The Morgan fingerprint density at radius 3 is 2.56 bits per heavy atom. The van der Waals surface area contributed by atoms with Gasteiger partial charge in [0, 0.05) is 32.2 Å². The van der Waals surface area contributed by atoms with E-state index in [9.17, 15) is 18.4 Å². The second kappa shape index (κ2) is 12.2. The molecule has 7 nitrogen and oxygen atoms in total. The van der Waals surface area contributed by atoms with E-state index in [0.29, 0.717) is 40.7 Å². The monoisotopic (exact) mass is 583 g/mol. The van der Waals surface area contributed by atoms with Crippen molar-refractivity contribution in [2.24, 2.45) is 5.92 Å². The van der Waals surface area contributed by atoms with Gasteiger partial charge in [0.15, 0.2) is 5.78 Å². The molecule has 10 heteroatoms. The minimum atomic E-state index is -2.58. The Hall–Kier alpha value is -3.40. The van der Waals surface area contributed by atoms with E-state index in [2.05, 4.69) is 14.9 Å². The number of carbonyl (C=O) groups is 2. The Kier molecular flexibility index (Phi) is 8.68. The number of alkyl halides is 2. The zero-order valence-corrected chi connectivity index (χ0v) is 24.4. The van der Waals surface area contributed by atoms with Crippen molar-refractivity contribution in [3.63, 3.8) is 0 Å². The second-order valence-electron chi connectivity index (χ2n) is 11.0. The Morgan fingerprint density at radius 1 is 1.17 bits per heavy atom. The van der Waals surface area contributed by atoms with Crippen LogP contribution in [0.15, 0.2) is 42.6 Å². The van der Waals surface area contributed by atoms with Crippen LogP contribution in [0, 0.1) is 12.8 Å². The molecule has 1 saturated carbocycles. The van der Waals surface area contributed by atoms with Crippen LogP contribution in [-0.4, -0.2) is 53.3 Å². The minimum Gasteiger partial charge on any atom is -0.491 e. The Bertz CT molecular complexity index is 1380. The third-order valence-corrected chi connectivity index (χ3v) is 8.88. The molecule has 0 spiro atoms. The Morgan fingerprint density at radius 2 is 1.90 bits per heavy atom. The number of thiazole rings is 1. The number of halogens is 2. The zero-order valence-electron chi connectivity index (χ0n) is 23.6. The number of ketones is 2. The molecule has 218 valence electrons. The molecule has 2 aliphatic rings. The first-order chi connectivity index (χ1) is 19.6. The highest BCUT2D eigenvalue weighted by Crippen LogP contribution is 2.48. The predicted octanol–water partition coefficient (Wildman–Crippen LogP) is 6.44. The maximum absolute atomic E-state index is 13.0. The topological polar surface area (TPSA) is 81.6 Å². The number of benzene rings is 1. The summed E-state index contributed by atoms with van der Waals surface area (Å²) in [5.41, 5.74) is 1.75. The number of anilines is 1. The summed E-state index contributed by atoms with van der Waals surface area (Å²) >= 11 is 1.33. The van der Waals surface area contributed by atoms with Crippen LogP contribution in [0.3, 0.4) is 0 Å². The fraction of sp³-hybridized carbons (Fsp3) is 0.484. The van der Waals surface area contributed by atoms with Crippen LogP contribution in [0.5, 0.6) is 11.5 Å². The summed E-state index contributed by atoms with van der Waals surface area (Å²) in [4.78, 5) is 36.4. The molecule has 2 aromatic heterocycles. The molecule has 1 aliphatic carbocycles. The van der Waals surface area contributed by atoms with Crippen molar-refractivity contribution in [2.45, 2.75) is 70.8 Å². The molecular weight excluding hydrogens is 548 g/mol. The van der Waals surface area contributed by atoms with E-state index in [4.69, 9.17) is 9.47 Å². The molecule has 0 N–H and O–H groups in total. The van der Waals surface area contributed by atoms with Crippen LogP contribution < -0.4 is 14.4 Å². The summed E-state index contributed by atoms with van der Waals surface area (Å²) in [5, 5.41) is 0.706. The number of Topliss-reactive ketones (excluding diaryl/α,β-unsaturated/α-hetero) is 2. The van der Waals surface area contributed by atoms with Gasteiger partial charge in [0.05, 0.1) is 42.3 Å². The van der Waals surface area contributed by atoms with Gasteiger partial charge in [-0.2, -0.15) is 0 Å². The number of ether oxygens (including phenoxy) is 2. The van der Waals surface area contributed by atoms with E-state index in [1.54, 1.807) is 12.3 Å². The van der Waals surface area contributed by atoms with E-state index in [-0.39, 0.29) is 43.0 Å². The summed E-state index contributed by atoms with van der Waals surface area (Å²) in [5.74, 6) is -1.01. The van der Waals surface area contributed by atoms with Gasteiger partial charge in [-0.05, 0) is 42.7 Å². The fourth-order valence-corrected chi connectivity index (χ4v) is 6.00. The van der Waals surface area contributed by atoms with Crippen molar-refractivity contribution in [3.8, 4) is 11.5 Å². The number of aryl methyl sites for hydroxylation is 1. The van der Waals surface area contributed by atoms with Gasteiger partial charge in [-0.15, -0.1) is 11.3 Å². The van der Waals surface area contributed by atoms with Gasteiger partial charge in [0.1, 0.15) is 34.2 Å². The van der Waals surface area contributed by atoms with E-state index in [0.717, 1.165) is 30.1 Å². The van der Waals surface area contributed by atoms with Gasteiger partial charge in [-0.1, -0.05) is 26.0 Å². The Labute approximate surface area is 242 Å². The average Bonchev–Trinajstić information content (AvgIpc) is 3.24. The van der Waals surface area contributed by atoms with E-state index in [1.807, 2.05) is 51.1 Å². The van der Waals surface area contributed by atoms with E-state index >= 15 is 0 Å². The van der Waals surface area contributed by atoms with Crippen molar-refractivity contribution >= 4 is 28.7 Å². The lowest BCUT2D eigenvalue weighted by Gasteiger charge is -2.19. The lowest BCUT2D eigenvalue weighted by atomic mass is 9.95. The van der Waals surface area contributed by atoms with Gasteiger partial charge < -0.3 is 14.4 Å². The molecular formula is C31H35F2N3O4S. The molecule has 3 aromatic rings. The Balaban J connectivity index is 1.09. The smallest absolute Gasteiger partial charge is 0.255 e. The lowest BCUT2D eigenvalue weighted by Crippen LogP contribution is -2.25. The molecule has 1 aromatic carbocycles. The van der Waals surface area contributed by atoms with Crippen LogP contribution in [0.1, 0.15) is 71.4 Å². The number of rotatable bonds is 13. The largest absolute Gasteiger partial charge is 0.491 e. The van der Waals surface area contributed by atoms with Crippen molar-refractivity contribution in [2.75, 3.05) is 24.6 Å². The first kappa shape index (κ1) is 29.1. The third-order valence-electron chi connectivity index (χ3n) is 7.68. The lowest BCUT2D eigenvalue weighted by molar-refractivity contribution is -0.118. The molecule has 1 aliphatic heterocycles. The molecule has 0 amide bonds. The molecule has 3 atom stereocenters. The summed E-state index contributed by atoms with van der Waals surface area (Å²) in [6.45, 7) is 7.19. The first-order valence-corrected chi connectivity index (χ1v) is 14.9. The average molecular weight is 584 g/mol. The predicted molar refractivity (Wildman–Crippen MR) is 154 cm³/mol. The maximum Gasteiger partial charge on any atom is 0.255 e. The maximum atomic E-state index is 13.0. The van der Waals surface area contributed by atoms with Gasteiger partial charge in [-0.25, -0.2) is 18.7 Å². The number of nitrogens with zero attached hydrogens (tertiary/aromatic N) is 3. The zero-order chi connectivity index (χ0) is 29.1. The summed E-state index contributed by atoms with van der Waals surface area (Å²) < 4.78 is 37.7. The minimum absolute atomic E-state index is 0.0104. The normalized spacial score (nSPS) is 20.1. The van der Waals surface area contributed by atoms with Crippen LogP contribution in [0.4, 0.5) is 14.6 Å². The highest BCUT2D eigenvalue weighted by atomic mass is 32.1. The first-order valence-electron chi connectivity index (χ1n) is 14.1. The molecule has 3 heterocycles. The number of hydrogen-bond acceptors (Lipinski definition) is 8. The highest BCUT2D eigenvalue weighted by Gasteiger charge is 2.57. The van der Waals surface area contributed by atoms with Gasteiger partial charge in [-0.3, -0.25) is 9.59 Å². The summed E-state index contributed by atoms with van der Waals surface area (Å²) in [6, 6.07) is 11.5. The third kappa shape index (κ3) is 7.28. The van der Waals surface area contributed by atoms with Crippen molar-refractivity contribution in [3.05, 3.63) is 63.7 Å². The number of pyridine rings is 1. The number of aromatic nitrogens is 2. The van der Waals surface area contributed by atoms with Crippen molar-refractivity contribution in [1.82, 2.24) is 9.97 Å². The second-order valence-corrected chi connectivity index (χ2v) is 12.1. The molecule has 41 heavy (non-hydrogen) atoms. The molecule has 5 rings (SSSR count). The fourth-order valence-electron chi connectivity index (χ4n) is 4.96. The van der Waals surface area contributed by atoms with Gasteiger partial charge in [0.25, 0.3) is 5.92 Å².